The monoisotopic (exact) mass is 273 g/mol. The maximum atomic E-state index is 13.7. The van der Waals surface area contributed by atoms with Gasteiger partial charge in [0.05, 0.1) is 0 Å². The number of nitrogens with one attached hydrogen (secondary N) is 1. The highest BCUT2D eigenvalue weighted by atomic mass is 19.1. The fraction of sp³-hybridized carbons (Fsp3) is 0.444. The molecule has 108 valence electrons. The Bertz CT molecular complexity index is 536. The van der Waals surface area contributed by atoms with E-state index in [-0.39, 0.29) is 5.82 Å². The molecule has 0 atom stereocenters. The maximum absolute atomic E-state index is 13.7. The molecule has 1 N–H and O–H groups in total. The zero-order valence-corrected chi connectivity index (χ0v) is 12.3. The Kier molecular flexibility index (Phi) is 6.00. The molecule has 0 heterocycles. The van der Waals surface area contributed by atoms with Gasteiger partial charge in [-0.15, -0.1) is 0 Å². The SMILES string of the molecule is CCNCCCCCCc1ccc(F)c2ccccc12. The molecular formula is C18H24FN. The summed E-state index contributed by atoms with van der Waals surface area (Å²) < 4.78 is 13.7. The van der Waals surface area contributed by atoms with Crippen LogP contribution in [0.25, 0.3) is 10.8 Å². The largest absolute Gasteiger partial charge is 0.317 e. The molecule has 0 aromatic heterocycles. The number of halogens is 1. The van der Waals surface area contributed by atoms with Crippen LogP contribution in [0.3, 0.4) is 0 Å². The van der Waals surface area contributed by atoms with E-state index in [1.165, 1.54) is 31.2 Å². The van der Waals surface area contributed by atoms with Crippen molar-refractivity contribution in [3.8, 4) is 0 Å². The molecule has 0 saturated heterocycles. The second-order valence-electron chi connectivity index (χ2n) is 5.27. The summed E-state index contributed by atoms with van der Waals surface area (Å²) in [6.07, 6.45) is 5.99. The van der Waals surface area contributed by atoms with Gasteiger partial charge in [-0.25, -0.2) is 4.39 Å². The predicted molar refractivity (Wildman–Crippen MR) is 84.6 cm³/mol. The highest BCUT2D eigenvalue weighted by Crippen LogP contribution is 2.23. The standard InChI is InChI=1S/C18H24FN/c1-2-20-14-8-4-3-5-9-15-12-13-18(19)17-11-7-6-10-16(15)17/h6-7,10-13,20H,2-5,8-9,14H2,1H3. The van der Waals surface area contributed by atoms with Crippen LogP contribution in [0.15, 0.2) is 36.4 Å². The van der Waals surface area contributed by atoms with E-state index in [9.17, 15) is 4.39 Å². The van der Waals surface area contributed by atoms with E-state index in [1.807, 2.05) is 30.3 Å². The summed E-state index contributed by atoms with van der Waals surface area (Å²) in [5, 5.41) is 5.16. The zero-order chi connectivity index (χ0) is 14.2. The lowest BCUT2D eigenvalue weighted by molar-refractivity contribution is 0.598. The number of fused-ring (bicyclic) bond motifs is 1. The Morgan fingerprint density at radius 2 is 1.65 bits per heavy atom. The normalized spacial score (nSPS) is 11.1. The summed E-state index contributed by atoms with van der Waals surface area (Å²) in [6, 6.07) is 11.3. The number of aryl methyl sites for hydroxylation is 1. The van der Waals surface area contributed by atoms with Crippen molar-refractivity contribution < 1.29 is 4.39 Å². The first kappa shape index (κ1) is 15.0. The van der Waals surface area contributed by atoms with Gasteiger partial charge in [0.25, 0.3) is 0 Å². The molecule has 0 aliphatic heterocycles. The third-order valence-corrected chi connectivity index (χ3v) is 3.76. The van der Waals surface area contributed by atoms with Crippen molar-refractivity contribution in [3.05, 3.63) is 47.8 Å². The quantitative estimate of drug-likeness (QED) is 0.688. The molecule has 2 rings (SSSR count). The summed E-state index contributed by atoms with van der Waals surface area (Å²) >= 11 is 0. The fourth-order valence-electron chi connectivity index (χ4n) is 2.64. The Morgan fingerprint density at radius 1 is 0.900 bits per heavy atom. The summed E-state index contributed by atoms with van der Waals surface area (Å²) in [5.74, 6) is -0.116. The summed E-state index contributed by atoms with van der Waals surface area (Å²) in [7, 11) is 0. The van der Waals surface area contributed by atoms with E-state index in [0.29, 0.717) is 0 Å². The molecular weight excluding hydrogens is 249 g/mol. The molecule has 0 radical (unpaired) electrons. The Balaban J connectivity index is 1.86. The Hall–Kier alpha value is -1.41. The highest BCUT2D eigenvalue weighted by Gasteiger charge is 2.04. The van der Waals surface area contributed by atoms with E-state index in [0.717, 1.165) is 30.3 Å². The molecule has 2 aromatic rings. The van der Waals surface area contributed by atoms with Crippen molar-refractivity contribution >= 4 is 10.8 Å². The van der Waals surface area contributed by atoms with Gasteiger partial charge in [-0.3, -0.25) is 0 Å². The highest BCUT2D eigenvalue weighted by molar-refractivity contribution is 5.86. The van der Waals surface area contributed by atoms with Gasteiger partial charge in [0.2, 0.25) is 0 Å². The topological polar surface area (TPSA) is 12.0 Å². The molecule has 0 amide bonds. The van der Waals surface area contributed by atoms with Crippen LogP contribution >= 0.6 is 0 Å². The van der Waals surface area contributed by atoms with Crippen LogP contribution < -0.4 is 5.32 Å². The summed E-state index contributed by atoms with van der Waals surface area (Å²) in [5.41, 5.74) is 1.27. The molecule has 0 aliphatic rings. The van der Waals surface area contributed by atoms with Crippen LogP contribution in [0.5, 0.6) is 0 Å². The average molecular weight is 273 g/mol. The van der Waals surface area contributed by atoms with Crippen molar-refractivity contribution in [2.75, 3.05) is 13.1 Å². The van der Waals surface area contributed by atoms with Gasteiger partial charge < -0.3 is 5.32 Å². The minimum atomic E-state index is -0.116. The minimum Gasteiger partial charge on any atom is -0.317 e. The first-order valence-electron chi connectivity index (χ1n) is 7.69. The van der Waals surface area contributed by atoms with Crippen LogP contribution in [-0.2, 0) is 6.42 Å². The molecule has 2 aromatic carbocycles. The summed E-state index contributed by atoms with van der Waals surface area (Å²) in [4.78, 5) is 0. The number of rotatable bonds is 8. The van der Waals surface area contributed by atoms with Gasteiger partial charge in [-0.2, -0.15) is 0 Å². The predicted octanol–water partition coefficient (Wildman–Crippen LogP) is 4.69. The number of benzene rings is 2. The zero-order valence-electron chi connectivity index (χ0n) is 12.3. The molecule has 20 heavy (non-hydrogen) atoms. The first-order valence-corrected chi connectivity index (χ1v) is 7.69. The van der Waals surface area contributed by atoms with E-state index >= 15 is 0 Å². The van der Waals surface area contributed by atoms with Crippen molar-refractivity contribution in [2.45, 2.75) is 39.0 Å². The van der Waals surface area contributed by atoms with E-state index < -0.39 is 0 Å². The molecule has 1 nitrogen and oxygen atoms in total. The van der Waals surface area contributed by atoms with Crippen LogP contribution in [-0.4, -0.2) is 13.1 Å². The average Bonchev–Trinajstić information content (AvgIpc) is 2.49. The minimum absolute atomic E-state index is 0.116. The maximum Gasteiger partial charge on any atom is 0.131 e. The van der Waals surface area contributed by atoms with E-state index in [2.05, 4.69) is 12.2 Å². The molecule has 2 heteroatoms. The molecule has 0 unspecified atom stereocenters. The van der Waals surface area contributed by atoms with Crippen LogP contribution in [0, 0.1) is 5.82 Å². The van der Waals surface area contributed by atoms with Crippen molar-refractivity contribution in [3.63, 3.8) is 0 Å². The summed E-state index contributed by atoms with van der Waals surface area (Å²) in [6.45, 7) is 4.32. The second-order valence-corrected chi connectivity index (χ2v) is 5.27. The van der Waals surface area contributed by atoms with Crippen molar-refractivity contribution in [1.82, 2.24) is 5.32 Å². The number of unbranched alkanes of at least 4 members (excludes halogenated alkanes) is 3. The third-order valence-electron chi connectivity index (χ3n) is 3.76. The third kappa shape index (κ3) is 4.04. The molecule has 0 bridgehead atoms. The van der Waals surface area contributed by atoms with E-state index in [1.54, 1.807) is 6.07 Å². The van der Waals surface area contributed by atoms with Crippen LogP contribution in [0.2, 0.25) is 0 Å². The van der Waals surface area contributed by atoms with Crippen molar-refractivity contribution in [2.24, 2.45) is 0 Å². The van der Waals surface area contributed by atoms with Gasteiger partial charge in [0.1, 0.15) is 5.82 Å². The first-order chi connectivity index (χ1) is 9.83. The van der Waals surface area contributed by atoms with Gasteiger partial charge in [0.15, 0.2) is 0 Å². The molecule has 0 aliphatic carbocycles. The van der Waals surface area contributed by atoms with Gasteiger partial charge in [-0.05, 0) is 49.4 Å². The second kappa shape index (κ2) is 8.01. The van der Waals surface area contributed by atoms with E-state index in [4.69, 9.17) is 0 Å². The number of hydrogen-bond acceptors (Lipinski definition) is 1. The molecule has 0 spiro atoms. The van der Waals surface area contributed by atoms with Gasteiger partial charge >= 0.3 is 0 Å². The Labute approximate surface area is 121 Å². The lowest BCUT2D eigenvalue weighted by atomic mass is 9.99. The molecule has 0 saturated carbocycles. The smallest absolute Gasteiger partial charge is 0.131 e. The fourth-order valence-corrected chi connectivity index (χ4v) is 2.64. The lowest BCUT2D eigenvalue weighted by Gasteiger charge is -2.07. The van der Waals surface area contributed by atoms with Crippen LogP contribution in [0.4, 0.5) is 4.39 Å². The van der Waals surface area contributed by atoms with Gasteiger partial charge in [-0.1, -0.05) is 50.1 Å². The van der Waals surface area contributed by atoms with Gasteiger partial charge in [0, 0.05) is 5.39 Å². The van der Waals surface area contributed by atoms with Crippen molar-refractivity contribution in [1.29, 1.82) is 0 Å². The molecule has 0 fully saturated rings. The Morgan fingerprint density at radius 3 is 2.45 bits per heavy atom. The number of hydrogen-bond donors (Lipinski definition) is 1. The lowest BCUT2D eigenvalue weighted by Crippen LogP contribution is -2.13. The van der Waals surface area contributed by atoms with Crippen LogP contribution in [0.1, 0.15) is 38.2 Å².